The summed E-state index contributed by atoms with van der Waals surface area (Å²) >= 11 is 0. The molecule has 0 amide bonds. The smallest absolute Gasteiger partial charge is 0.164 e. The molecule has 0 aromatic heterocycles. The summed E-state index contributed by atoms with van der Waals surface area (Å²) in [5, 5.41) is 0. The average molecular weight is 373 g/mol. The van der Waals surface area contributed by atoms with Crippen molar-refractivity contribution >= 4 is 11.6 Å². The van der Waals surface area contributed by atoms with Gasteiger partial charge in [0.2, 0.25) is 0 Å². The molecular formula is C24H36O3. The summed E-state index contributed by atoms with van der Waals surface area (Å²) in [4.78, 5) is 25.1. The Balaban J connectivity index is 1.72. The molecule has 0 heterocycles. The summed E-state index contributed by atoms with van der Waals surface area (Å²) < 4.78 is 6.07. The molecule has 3 fully saturated rings. The van der Waals surface area contributed by atoms with Crippen molar-refractivity contribution in [1.82, 2.24) is 0 Å². The van der Waals surface area contributed by atoms with E-state index in [2.05, 4.69) is 20.8 Å². The van der Waals surface area contributed by atoms with Crippen molar-refractivity contribution in [2.24, 2.45) is 34.5 Å². The normalized spacial score (nSPS) is 45.5. The number of fused-ring (bicyclic) bond motifs is 5. The fourth-order valence-electron chi connectivity index (χ4n) is 7.96. The summed E-state index contributed by atoms with van der Waals surface area (Å²) in [6.45, 7) is 9.00. The van der Waals surface area contributed by atoms with Crippen LogP contribution in [-0.2, 0) is 14.3 Å². The third kappa shape index (κ3) is 2.49. The highest BCUT2D eigenvalue weighted by atomic mass is 16.5. The minimum atomic E-state index is -0.583. The van der Waals surface area contributed by atoms with Crippen LogP contribution in [0.5, 0.6) is 0 Å². The molecular weight excluding hydrogens is 336 g/mol. The van der Waals surface area contributed by atoms with Crippen molar-refractivity contribution in [2.75, 3.05) is 7.11 Å². The van der Waals surface area contributed by atoms with Gasteiger partial charge in [-0.05, 0) is 73.7 Å². The lowest BCUT2D eigenvalue weighted by molar-refractivity contribution is -0.169. The Morgan fingerprint density at radius 3 is 2.56 bits per heavy atom. The van der Waals surface area contributed by atoms with Crippen LogP contribution in [0.3, 0.4) is 0 Å². The number of ether oxygens (including phenoxy) is 1. The molecule has 4 aliphatic carbocycles. The van der Waals surface area contributed by atoms with Crippen LogP contribution in [0.1, 0.15) is 79.1 Å². The first-order valence-corrected chi connectivity index (χ1v) is 11.0. The first kappa shape index (κ1) is 19.4. The lowest BCUT2D eigenvalue weighted by atomic mass is 9.46. The van der Waals surface area contributed by atoms with Gasteiger partial charge in [0.25, 0.3) is 0 Å². The minimum Gasteiger partial charge on any atom is -0.370 e. The highest BCUT2D eigenvalue weighted by Gasteiger charge is 2.66. The number of carbonyl (C=O) groups is 2. The van der Waals surface area contributed by atoms with Gasteiger partial charge in [-0.1, -0.05) is 33.3 Å². The van der Waals surface area contributed by atoms with Crippen LogP contribution in [-0.4, -0.2) is 24.3 Å². The van der Waals surface area contributed by atoms with E-state index < -0.39 is 5.60 Å². The van der Waals surface area contributed by atoms with Gasteiger partial charge in [0, 0.05) is 25.4 Å². The second-order valence-corrected chi connectivity index (χ2v) is 10.5. The van der Waals surface area contributed by atoms with E-state index in [0.717, 1.165) is 32.1 Å². The third-order valence-electron chi connectivity index (χ3n) is 9.19. The van der Waals surface area contributed by atoms with E-state index in [4.69, 9.17) is 4.74 Å². The van der Waals surface area contributed by atoms with Gasteiger partial charge in [-0.15, -0.1) is 0 Å². The molecule has 0 bridgehead atoms. The number of allylic oxidation sites excluding steroid dienone is 1. The lowest BCUT2D eigenvalue weighted by Gasteiger charge is -2.59. The second kappa shape index (κ2) is 6.27. The van der Waals surface area contributed by atoms with Crippen LogP contribution >= 0.6 is 0 Å². The Morgan fingerprint density at radius 2 is 1.89 bits per heavy atom. The first-order valence-electron chi connectivity index (χ1n) is 11.0. The van der Waals surface area contributed by atoms with Gasteiger partial charge in [0.15, 0.2) is 11.6 Å². The Hall–Kier alpha value is -0.960. The topological polar surface area (TPSA) is 43.4 Å². The summed E-state index contributed by atoms with van der Waals surface area (Å²) in [7, 11) is 1.76. The van der Waals surface area contributed by atoms with E-state index in [0.29, 0.717) is 48.1 Å². The Labute approximate surface area is 164 Å². The molecule has 3 saturated carbocycles. The zero-order valence-corrected chi connectivity index (χ0v) is 17.8. The van der Waals surface area contributed by atoms with Crippen molar-refractivity contribution in [3.8, 4) is 0 Å². The van der Waals surface area contributed by atoms with Crippen molar-refractivity contribution in [3.63, 3.8) is 0 Å². The molecule has 4 unspecified atom stereocenters. The van der Waals surface area contributed by atoms with Gasteiger partial charge < -0.3 is 4.74 Å². The fourth-order valence-corrected chi connectivity index (χ4v) is 7.96. The number of ketones is 2. The van der Waals surface area contributed by atoms with Crippen LogP contribution < -0.4 is 0 Å². The van der Waals surface area contributed by atoms with Gasteiger partial charge in [-0.3, -0.25) is 9.59 Å². The van der Waals surface area contributed by atoms with Crippen molar-refractivity contribution in [1.29, 1.82) is 0 Å². The number of hydrogen-bond donors (Lipinski definition) is 0. The van der Waals surface area contributed by atoms with E-state index >= 15 is 0 Å². The maximum absolute atomic E-state index is 13.0. The molecule has 0 radical (unpaired) electrons. The summed E-state index contributed by atoms with van der Waals surface area (Å²) in [6.07, 6.45) is 9.69. The molecule has 4 rings (SSSR count). The van der Waals surface area contributed by atoms with Gasteiger partial charge >= 0.3 is 0 Å². The van der Waals surface area contributed by atoms with Crippen LogP contribution in [0.25, 0.3) is 0 Å². The average Bonchev–Trinajstić information content (AvgIpc) is 2.94. The van der Waals surface area contributed by atoms with Crippen LogP contribution in [0.2, 0.25) is 0 Å². The largest absolute Gasteiger partial charge is 0.370 e. The molecule has 0 aromatic rings. The predicted molar refractivity (Wildman–Crippen MR) is 106 cm³/mol. The minimum absolute atomic E-state index is 0.0439. The highest BCUT2D eigenvalue weighted by molar-refractivity contribution is 5.91. The Kier molecular flexibility index (Phi) is 4.50. The molecule has 0 saturated heterocycles. The predicted octanol–water partition coefficient (Wildman–Crippen LogP) is 5.13. The maximum Gasteiger partial charge on any atom is 0.164 e. The lowest BCUT2D eigenvalue weighted by Crippen LogP contribution is -2.58. The van der Waals surface area contributed by atoms with E-state index in [1.165, 1.54) is 12.0 Å². The number of hydrogen-bond acceptors (Lipinski definition) is 3. The van der Waals surface area contributed by atoms with Gasteiger partial charge in [0.1, 0.15) is 5.60 Å². The zero-order valence-electron chi connectivity index (χ0n) is 17.8. The number of rotatable bonds is 3. The molecule has 0 N–H and O–H groups in total. The summed E-state index contributed by atoms with van der Waals surface area (Å²) in [5.41, 5.74) is 0.884. The Bertz CT molecular complexity index is 690. The number of carbonyl (C=O) groups excluding carboxylic acids is 2. The number of Topliss-reactive ketones (excluding diaryl/α,β-unsaturated/α-hetero) is 1. The molecule has 150 valence electrons. The quantitative estimate of drug-likeness (QED) is 0.690. The molecule has 0 aliphatic heterocycles. The van der Waals surface area contributed by atoms with Gasteiger partial charge in [-0.25, -0.2) is 0 Å². The van der Waals surface area contributed by atoms with Gasteiger partial charge in [0.05, 0.1) is 0 Å². The third-order valence-corrected chi connectivity index (χ3v) is 9.19. The van der Waals surface area contributed by atoms with E-state index in [1.807, 2.05) is 13.0 Å². The van der Waals surface area contributed by atoms with Gasteiger partial charge in [-0.2, -0.15) is 0 Å². The SMILES string of the molecule is CCC(=O)[C@@]1(OC)CCC2C3CC(C)(C)C4=CC(=O)CCC4C3CC[C@@]21C. The standard InChI is InChI=1S/C24H36O3/c1-6-21(26)24(27-5)12-10-19-18-14-22(2,3)20-13-15(25)7-8-17(20)16(18)9-11-23(19,24)4/h13,16-19H,6-12,14H2,1-5H3/t16?,17?,18?,19?,23-,24-/m0/s1. The van der Waals surface area contributed by atoms with Crippen LogP contribution in [0.15, 0.2) is 11.6 Å². The second-order valence-electron chi connectivity index (χ2n) is 10.5. The molecule has 27 heavy (non-hydrogen) atoms. The molecule has 0 aromatic carbocycles. The fraction of sp³-hybridized carbons (Fsp3) is 0.833. The van der Waals surface area contributed by atoms with Crippen molar-refractivity contribution in [3.05, 3.63) is 11.6 Å². The molecule has 0 spiro atoms. The number of methoxy groups -OCH3 is 1. The highest BCUT2D eigenvalue weighted by Crippen LogP contribution is 2.68. The van der Waals surface area contributed by atoms with E-state index in [-0.39, 0.29) is 10.8 Å². The van der Waals surface area contributed by atoms with Crippen LogP contribution in [0.4, 0.5) is 0 Å². The zero-order chi connectivity index (χ0) is 19.6. The molecule has 3 heteroatoms. The van der Waals surface area contributed by atoms with Crippen molar-refractivity contribution < 1.29 is 14.3 Å². The van der Waals surface area contributed by atoms with E-state index in [1.54, 1.807) is 7.11 Å². The van der Waals surface area contributed by atoms with E-state index in [9.17, 15) is 9.59 Å². The summed E-state index contributed by atoms with van der Waals surface area (Å²) in [5.74, 6) is 3.08. The summed E-state index contributed by atoms with van der Waals surface area (Å²) in [6, 6.07) is 0. The van der Waals surface area contributed by atoms with Crippen LogP contribution in [0, 0.1) is 34.5 Å². The maximum atomic E-state index is 13.0. The molecule has 6 atom stereocenters. The molecule has 3 nitrogen and oxygen atoms in total. The monoisotopic (exact) mass is 372 g/mol. The first-order chi connectivity index (χ1) is 12.7. The molecule has 4 aliphatic rings. The Morgan fingerprint density at radius 1 is 1.15 bits per heavy atom. The van der Waals surface area contributed by atoms with Crippen molar-refractivity contribution in [2.45, 2.75) is 84.7 Å².